The average molecular weight is 459 g/mol. The quantitative estimate of drug-likeness (QED) is 0.271. The minimum Gasteiger partial charge on any atom is -0.493 e. The predicted octanol–water partition coefficient (Wildman–Crippen LogP) is 5.30. The third-order valence-electron chi connectivity index (χ3n) is 3.92. The van der Waals surface area contributed by atoms with E-state index in [1.165, 1.54) is 32.2 Å². The summed E-state index contributed by atoms with van der Waals surface area (Å²) in [5.74, 6) is -0.815. The van der Waals surface area contributed by atoms with E-state index < -0.39 is 22.8 Å². The molecule has 0 radical (unpaired) electrons. The highest BCUT2D eigenvalue weighted by molar-refractivity contribution is 7.98. The Bertz CT molecular complexity index is 936. The minimum absolute atomic E-state index is 0.134. The number of hydrogen-bond acceptors (Lipinski definition) is 7. The number of benzene rings is 2. The molecule has 2 aromatic rings. The number of rotatable bonds is 10. The molecular formula is C20H20F3NO6S. The molecule has 0 amide bonds. The Morgan fingerprint density at radius 3 is 2.45 bits per heavy atom. The van der Waals surface area contributed by atoms with Gasteiger partial charge in [-0.15, -0.1) is 11.8 Å². The Balaban J connectivity index is 2.28. The van der Waals surface area contributed by atoms with Crippen LogP contribution in [-0.4, -0.2) is 36.5 Å². The summed E-state index contributed by atoms with van der Waals surface area (Å²) in [7, 11) is 1.43. The fraction of sp³-hybridized carbons (Fsp3) is 0.350. The Hall–Kier alpha value is -2.95. The van der Waals surface area contributed by atoms with E-state index in [1.807, 2.05) is 0 Å². The summed E-state index contributed by atoms with van der Waals surface area (Å²) in [6, 6.07) is 8.79. The van der Waals surface area contributed by atoms with E-state index in [4.69, 9.17) is 14.2 Å². The molecule has 31 heavy (non-hydrogen) atoms. The number of halogens is 3. The maximum atomic E-state index is 12.5. The zero-order valence-electron chi connectivity index (χ0n) is 16.7. The topological polar surface area (TPSA) is 87.9 Å². The van der Waals surface area contributed by atoms with Crippen molar-refractivity contribution in [2.45, 2.75) is 25.3 Å². The fourth-order valence-electron chi connectivity index (χ4n) is 2.56. The predicted molar refractivity (Wildman–Crippen MR) is 109 cm³/mol. The van der Waals surface area contributed by atoms with Crippen LogP contribution in [0.1, 0.15) is 18.1 Å². The number of hydrogen-bond donors (Lipinski definition) is 0. The molecule has 0 aromatic heterocycles. The number of esters is 1. The van der Waals surface area contributed by atoms with E-state index >= 15 is 0 Å². The van der Waals surface area contributed by atoms with Crippen LogP contribution in [0.2, 0.25) is 0 Å². The van der Waals surface area contributed by atoms with Crippen LogP contribution in [-0.2, 0) is 21.7 Å². The highest BCUT2D eigenvalue weighted by Crippen LogP contribution is 2.37. The SMILES string of the molecule is COc1ccc(CCOC(C)=O)cc1Oc1ccc([N+](=O)[O-])cc1CSCC(F)(F)F. The Morgan fingerprint density at radius 1 is 1.13 bits per heavy atom. The van der Waals surface area contributed by atoms with Gasteiger partial charge in [0, 0.05) is 36.8 Å². The second-order valence-corrected chi connectivity index (χ2v) is 7.32. The van der Waals surface area contributed by atoms with Gasteiger partial charge in [0.15, 0.2) is 11.5 Å². The van der Waals surface area contributed by atoms with Gasteiger partial charge in [-0.05, 0) is 23.8 Å². The van der Waals surface area contributed by atoms with Gasteiger partial charge in [0.2, 0.25) is 0 Å². The lowest BCUT2D eigenvalue weighted by Crippen LogP contribution is -2.11. The number of alkyl halides is 3. The van der Waals surface area contributed by atoms with Gasteiger partial charge in [0.25, 0.3) is 5.69 Å². The van der Waals surface area contributed by atoms with Crippen LogP contribution in [0.15, 0.2) is 36.4 Å². The lowest BCUT2D eigenvalue weighted by molar-refractivity contribution is -0.384. The van der Waals surface area contributed by atoms with E-state index in [-0.39, 0.29) is 35.1 Å². The second-order valence-electron chi connectivity index (χ2n) is 6.33. The number of nitro groups is 1. The summed E-state index contributed by atoms with van der Waals surface area (Å²) >= 11 is 0.578. The molecule has 7 nitrogen and oxygen atoms in total. The van der Waals surface area contributed by atoms with Crippen molar-refractivity contribution in [3.63, 3.8) is 0 Å². The maximum Gasteiger partial charge on any atom is 0.397 e. The standard InChI is InChI=1S/C20H20F3NO6S/c1-13(25)29-8-7-14-3-5-18(28-2)19(9-14)30-17-6-4-16(24(26)27)10-15(17)11-31-12-20(21,22)23/h3-6,9-10H,7-8,11-12H2,1-2H3. The first kappa shape index (κ1) is 24.3. The summed E-state index contributed by atoms with van der Waals surface area (Å²) in [4.78, 5) is 21.4. The van der Waals surface area contributed by atoms with Crippen LogP contribution in [0.4, 0.5) is 18.9 Å². The molecule has 0 bridgehead atoms. The van der Waals surface area contributed by atoms with Crippen LogP contribution in [0, 0.1) is 10.1 Å². The maximum absolute atomic E-state index is 12.5. The second kappa shape index (κ2) is 10.9. The first-order valence-electron chi connectivity index (χ1n) is 8.99. The summed E-state index contributed by atoms with van der Waals surface area (Å²) in [5, 5.41) is 11.1. The van der Waals surface area contributed by atoms with Gasteiger partial charge < -0.3 is 14.2 Å². The summed E-state index contributed by atoms with van der Waals surface area (Å²) in [6.07, 6.45) is -3.94. The number of carbonyl (C=O) groups is 1. The van der Waals surface area contributed by atoms with Crippen molar-refractivity contribution >= 4 is 23.4 Å². The Morgan fingerprint density at radius 2 is 1.84 bits per heavy atom. The van der Waals surface area contributed by atoms with Crippen LogP contribution in [0.3, 0.4) is 0 Å². The molecule has 11 heteroatoms. The number of nitro benzene ring substituents is 1. The molecule has 0 saturated carbocycles. The van der Waals surface area contributed by atoms with Crippen molar-refractivity contribution in [3.05, 3.63) is 57.6 Å². The molecule has 0 N–H and O–H groups in total. The average Bonchev–Trinajstić information content (AvgIpc) is 2.68. The molecule has 0 saturated heterocycles. The molecule has 2 rings (SSSR count). The van der Waals surface area contributed by atoms with Crippen LogP contribution >= 0.6 is 11.8 Å². The first-order valence-corrected chi connectivity index (χ1v) is 10.1. The third kappa shape index (κ3) is 8.00. The van der Waals surface area contributed by atoms with E-state index in [2.05, 4.69) is 0 Å². The van der Waals surface area contributed by atoms with Crippen molar-refractivity contribution < 1.29 is 37.1 Å². The zero-order chi connectivity index (χ0) is 23.0. The molecule has 0 aliphatic carbocycles. The Kier molecular flexibility index (Phi) is 8.55. The van der Waals surface area contributed by atoms with Gasteiger partial charge in [-0.1, -0.05) is 6.07 Å². The van der Waals surface area contributed by atoms with Gasteiger partial charge in [-0.25, -0.2) is 0 Å². The zero-order valence-corrected chi connectivity index (χ0v) is 17.5. The lowest BCUT2D eigenvalue weighted by atomic mass is 10.1. The molecule has 2 aromatic carbocycles. The number of carbonyl (C=O) groups excluding carboxylic acids is 1. The molecule has 168 valence electrons. The van der Waals surface area contributed by atoms with Crippen molar-refractivity contribution in [1.82, 2.24) is 0 Å². The molecule has 0 aliphatic heterocycles. The van der Waals surface area contributed by atoms with Crippen molar-refractivity contribution in [2.24, 2.45) is 0 Å². The fourth-order valence-corrected chi connectivity index (χ4v) is 3.33. The van der Waals surface area contributed by atoms with Crippen LogP contribution in [0.25, 0.3) is 0 Å². The smallest absolute Gasteiger partial charge is 0.397 e. The molecule has 0 atom stereocenters. The van der Waals surface area contributed by atoms with Crippen molar-refractivity contribution in [1.29, 1.82) is 0 Å². The van der Waals surface area contributed by atoms with Gasteiger partial charge in [-0.2, -0.15) is 13.2 Å². The Labute approximate surface area is 180 Å². The number of methoxy groups -OCH3 is 1. The summed E-state index contributed by atoms with van der Waals surface area (Å²) in [5.41, 5.74) is 0.764. The van der Waals surface area contributed by atoms with E-state index in [0.29, 0.717) is 23.9 Å². The number of non-ortho nitro benzene ring substituents is 1. The molecule has 0 spiro atoms. The van der Waals surface area contributed by atoms with E-state index in [0.717, 1.165) is 5.56 Å². The van der Waals surface area contributed by atoms with E-state index in [9.17, 15) is 28.1 Å². The van der Waals surface area contributed by atoms with Crippen LogP contribution < -0.4 is 9.47 Å². The third-order valence-corrected chi connectivity index (χ3v) is 4.97. The van der Waals surface area contributed by atoms with Crippen LogP contribution in [0.5, 0.6) is 17.2 Å². The minimum atomic E-state index is -4.36. The number of nitrogens with zero attached hydrogens (tertiary/aromatic N) is 1. The van der Waals surface area contributed by atoms with Gasteiger partial charge >= 0.3 is 12.1 Å². The van der Waals surface area contributed by atoms with Crippen molar-refractivity contribution in [3.8, 4) is 17.2 Å². The van der Waals surface area contributed by atoms with Crippen molar-refractivity contribution in [2.75, 3.05) is 19.5 Å². The molecule has 0 fully saturated rings. The van der Waals surface area contributed by atoms with E-state index in [1.54, 1.807) is 18.2 Å². The lowest BCUT2D eigenvalue weighted by Gasteiger charge is -2.15. The molecule has 0 aliphatic rings. The monoisotopic (exact) mass is 459 g/mol. The first-order chi connectivity index (χ1) is 14.6. The highest BCUT2D eigenvalue weighted by atomic mass is 32.2. The largest absolute Gasteiger partial charge is 0.493 e. The van der Waals surface area contributed by atoms with Gasteiger partial charge in [0.05, 0.1) is 24.4 Å². The molecular weight excluding hydrogens is 439 g/mol. The molecule has 0 heterocycles. The van der Waals surface area contributed by atoms with Gasteiger partial charge in [-0.3, -0.25) is 14.9 Å². The number of thioether (sulfide) groups is 1. The summed E-state index contributed by atoms with van der Waals surface area (Å²) in [6.45, 7) is 1.47. The molecule has 0 unspecified atom stereocenters. The number of ether oxygens (including phenoxy) is 3. The highest BCUT2D eigenvalue weighted by Gasteiger charge is 2.27. The van der Waals surface area contributed by atoms with Gasteiger partial charge in [0.1, 0.15) is 5.75 Å². The summed E-state index contributed by atoms with van der Waals surface area (Å²) < 4.78 is 53.6. The normalized spacial score (nSPS) is 11.1.